The first-order chi connectivity index (χ1) is 9.02. The zero-order valence-electron chi connectivity index (χ0n) is 10.4. The van der Waals surface area contributed by atoms with Gasteiger partial charge in [0.25, 0.3) is 0 Å². The zero-order chi connectivity index (χ0) is 15.6. The molecule has 0 bridgehead atoms. The molecule has 0 aliphatic rings. The predicted octanol–water partition coefficient (Wildman–Crippen LogP) is 1.55. The molecule has 0 saturated heterocycles. The maximum atomic E-state index is 12.3. The molecule has 1 aromatic rings. The molecule has 0 spiro atoms. The van der Waals surface area contributed by atoms with Gasteiger partial charge in [0.1, 0.15) is 0 Å². The van der Waals surface area contributed by atoms with E-state index in [1.807, 2.05) is 0 Å². The molecule has 0 fully saturated rings. The Balaban J connectivity index is 2.82. The summed E-state index contributed by atoms with van der Waals surface area (Å²) in [6.07, 6.45) is -4.46. The van der Waals surface area contributed by atoms with Crippen LogP contribution in [-0.4, -0.2) is 36.6 Å². The van der Waals surface area contributed by atoms with Crippen LogP contribution in [-0.2, 0) is 27.5 Å². The van der Waals surface area contributed by atoms with Crippen molar-refractivity contribution in [2.24, 2.45) is 0 Å². The van der Waals surface area contributed by atoms with E-state index < -0.39 is 33.5 Å². The molecule has 0 aromatic heterocycles. The van der Waals surface area contributed by atoms with E-state index in [1.165, 1.54) is 0 Å². The van der Waals surface area contributed by atoms with Crippen LogP contribution in [0.4, 0.5) is 13.2 Å². The van der Waals surface area contributed by atoms with Crippen LogP contribution in [0.15, 0.2) is 24.3 Å². The lowest BCUT2D eigenvalue weighted by Gasteiger charge is -2.16. The second-order valence-corrected chi connectivity index (χ2v) is 6.18. The van der Waals surface area contributed by atoms with Gasteiger partial charge in [-0.1, -0.05) is 12.1 Å². The van der Waals surface area contributed by atoms with Gasteiger partial charge in [0.15, 0.2) is 5.75 Å². The monoisotopic (exact) mass is 311 g/mol. The third kappa shape index (κ3) is 4.49. The fraction of sp³-hybridized carbons (Fsp3) is 0.364. The number of hydrogen-bond donors (Lipinski definition) is 1. The highest BCUT2D eigenvalue weighted by molar-refractivity contribution is 7.89. The Labute approximate surface area is 113 Å². The van der Waals surface area contributed by atoms with Crippen LogP contribution in [0.1, 0.15) is 11.1 Å². The molecule has 9 heteroatoms. The molecule has 1 rings (SSSR count). The number of carboxylic acids is 1. The number of carbonyl (C=O) groups is 1. The summed E-state index contributed by atoms with van der Waals surface area (Å²) in [7, 11) is -2.82. The molecule has 0 aliphatic heterocycles. The van der Waals surface area contributed by atoms with Crippen molar-refractivity contribution in [3.63, 3.8) is 0 Å². The van der Waals surface area contributed by atoms with E-state index >= 15 is 0 Å². The van der Waals surface area contributed by atoms with Crippen molar-refractivity contribution in [3.8, 4) is 0 Å². The van der Waals surface area contributed by atoms with Crippen molar-refractivity contribution < 1.29 is 31.5 Å². The number of alkyl halides is 3. The van der Waals surface area contributed by atoms with E-state index in [2.05, 4.69) is 0 Å². The summed E-state index contributed by atoms with van der Waals surface area (Å²) in [6, 6.07) is 3.98. The number of carboxylic acid groups (broad SMARTS) is 1. The average molecular weight is 311 g/mol. The number of rotatable bonds is 5. The minimum Gasteiger partial charge on any atom is -0.480 e. The molecule has 0 radical (unpaired) electrons. The first kappa shape index (κ1) is 16.4. The zero-order valence-corrected chi connectivity index (χ0v) is 11.2. The van der Waals surface area contributed by atoms with Crippen LogP contribution in [0.3, 0.4) is 0 Å². The molecule has 0 heterocycles. The van der Waals surface area contributed by atoms with Gasteiger partial charge >= 0.3 is 12.1 Å². The van der Waals surface area contributed by atoms with Crippen LogP contribution in [0, 0.1) is 0 Å². The summed E-state index contributed by atoms with van der Waals surface area (Å²) >= 11 is 0. The van der Waals surface area contributed by atoms with Crippen molar-refractivity contribution in [3.05, 3.63) is 35.4 Å². The maximum Gasteiger partial charge on any atom is 0.416 e. The van der Waals surface area contributed by atoms with Gasteiger partial charge in [-0.25, -0.2) is 12.7 Å². The molecule has 1 aromatic carbocycles. The summed E-state index contributed by atoms with van der Waals surface area (Å²) in [5.74, 6) is -2.56. The molecule has 1 N–H and O–H groups in total. The Morgan fingerprint density at radius 3 is 2.15 bits per heavy atom. The molecule has 0 atom stereocenters. The summed E-state index contributed by atoms with van der Waals surface area (Å²) in [5, 5.41) is 8.46. The highest BCUT2D eigenvalue weighted by Crippen LogP contribution is 2.29. The smallest absolute Gasteiger partial charge is 0.416 e. The second kappa shape index (κ2) is 5.80. The van der Waals surface area contributed by atoms with Gasteiger partial charge in [-0.05, 0) is 17.7 Å². The van der Waals surface area contributed by atoms with Crippen molar-refractivity contribution in [2.75, 3.05) is 12.8 Å². The Morgan fingerprint density at radius 1 is 1.25 bits per heavy atom. The number of halogens is 3. The van der Waals surface area contributed by atoms with Gasteiger partial charge in [0, 0.05) is 13.6 Å². The third-order valence-corrected chi connectivity index (χ3v) is 4.16. The largest absolute Gasteiger partial charge is 0.480 e. The Kier molecular flexibility index (Phi) is 4.77. The molecular weight excluding hydrogens is 299 g/mol. The molecule has 0 unspecified atom stereocenters. The van der Waals surface area contributed by atoms with E-state index in [-0.39, 0.29) is 6.54 Å². The van der Waals surface area contributed by atoms with Crippen molar-refractivity contribution in [1.82, 2.24) is 4.31 Å². The Morgan fingerprint density at radius 2 is 1.75 bits per heavy atom. The summed E-state index contributed by atoms with van der Waals surface area (Å²) < 4.78 is 60.9. The van der Waals surface area contributed by atoms with Crippen LogP contribution < -0.4 is 0 Å². The third-order valence-electron chi connectivity index (χ3n) is 2.47. The Bertz CT molecular complexity index is 581. The standard InChI is InChI=1S/C11H12F3NO4S/c1-15(20(18,19)7-10(16)17)6-8-2-4-9(5-3-8)11(12,13)14/h2-5H,6-7H2,1H3,(H,16,17). The number of hydrogen-bond acceptors (Lipinski definition) is 3. The van der Waals surface area contributed by atoms with Crippen LogP contribution >= 0.6 is 0 Å². The molecular formula is C11H12F3NO4S. The van der Waals surface area contributed by atoms with Crippen LogP contribution in [0.2, 0.25) is 0 Å². The summed E-state index contributed by atoms with van der Waals surface area (Å²) in [5.41, 5.74) is -0.508. The van der Waals surface area contributed by atoms with E-state index in [4.69, 9.17) is 5.11 Å². The van der Waals surface area contributed by atoms with Crippen molar-refractivity contribution in [2.45, 2.75) is 12.7 Å². The molecule has 0 saturated carbocycles. The van der Waals surface area contributed by atoms with Crippen molar-refractivity contribution >= 4 is 16.0 Å². The minimum absolute atomic E-state index is 0.201. The van der Waals surface area contributed by atoms with Gasteiger partial charge in [0.05, 0.1) is 5.56 Å². The first-order valence-electron chi connectivity index (χ1n) is 5.34. The summed E-state index contributed by atoms with van der Waals surface area (Å²) in [6.45, 7) is -0.201. The fourth-order valence-corrected chi connectivity index (χ4v) is 2.30. The van der Waals surface area contributed by atoms with Gasteiger partial charge < -0.3 is 5.11 Å². The highest BCUT2D eigenvalue weighted by atomic mass is 32.2. The highest BCUT2D eigenvalue weighted by Gasteiger charge is 2.30. The number of benzene rings is 1. The van der Waals surface area contributed by atoms with Crippen LogP contribution in [0.5, 0.6) is 0 Å². The van der Waals surface area contributed by atoms with E-state index in [1.54, 1.807) is 0 Å². The van der Waals surface area contributed by atoms with Gasteiger partial charge in [-0.2, -0.15) is 13.2 Å². The number of aliphatic carboxylic acids is 1. The van der Waals surface area contributed by atoms with E-state index in [9.17, 15) is 26.4 Å². The number of nitrogens with zero attached hydrogens (tertiary/aromatic N) is 1. The van der Waals surface area contributed by atoms with Gasteiger partial charge in [-0.3, -0.25) is 4.79 Å². The first-order valence-corrected chi connectivity index (χ1v) is 6.95. The fourth-order valence-electron chi connectivity index (χ4n) is 1.42. The number of sulfonamides is 1. The molecule has 5 nitrogen and oxygen atoms in total. The molecule has 0 amide bonds. The molecule has 20 heavy (non-hydrogen) atoms. The predicted molar refractivity (Wildman–Crippen MR) is 64.3 cm³/mol. The van der Waals surface area contributed by atoms with Crippen LogP contribution in [0.25, 0.3) is 0 Å². The maximum absolute atomic E-state index is 12.3. The normalized spacial score (nSPS) is 12.7. The molecule has 0 aliphatic carbocycles. The lowest BCUT2D eigenvalue weighted by atomic mass is 10.1. The Hall–Kier alpha value is -1.61. The van der Waals surface area contributed by atoms with Crippen molar-refractivity contribution in [1.29, 1.82) is 0 Å². The SMILES string of the molecule is CN(Cc1ccc(C(F)(F)F)cc1)S(=O)(=O)CC(=O)O. The summed E-state index contributed by atoms with van der Waals surface area (Å²) in [4.78, 5) is 10.4. The van der Waals surface area contributed by atoms with E-state index in [0.29, 0.717) is 5.56 Å². The second-order valence-electron chi connectivity index (χ2n) is 4.10. The van der Waals surface area contributed by atoms with Gasteiger partial charge in [-0.15, -0.1) is 0 Å². The lowest BCUT2D eigenvalue weighted by Crippen LogP contribution is -2.31. The topological polar surface area (TPSA) is 74.7 Å². The lowest BCUT2D eigenvalue weighted by molar-refractivity contribution is -0.137. The average Bonchev–Trinajstić information content (AvgIpc) is 2.26. The minimum atomic E-state index is -4.46. The quantitative estimate of drug-likeness (QED) is 0.895. The molecule has 112 valence electrons. The van der Waals surface area contributed by atoms with E-state index in [0.717, 1.165) is 35.6 Å². The van der Waals surface area contributed by atoms with Gasteiger partial charge in [0.2, 0.25) is 10.0 Å².